The van der Waals surface area contributed by atoms with Crippen LogP contribution in [0.1, 0.15) is 21.7 Å². The number of halogens is 3. The van der Waals surface area contributed by atoms with E-state index in [1.165, 1.54) is 0 Å². The number of aromatic amines is 1. The minimum absolute atomic E-state index is 0.0710. The number of nitrogens with one attached hydrogen (secondary N) is 2. The molecule has 7 heteroatoms. The fraction of sp³-hybridized carbons (Fsp3) is 0.167. The molecule has 4 nitrogen and oxygen atoms in total. The van der Waals surface area contributed by atoms with Gasteiger partial charge in [-0.15, -0.1) is 0 Å². The van der Waals surface area contributed by atoms with Crippen molar-refractivity contribution in [1.82, 2.24) is 10.2 Å². The minimum Gasteiger partial charge on any atom is -0.318 e. The third-order valence-corrected chi connectivity index (χ3v) is 2.75. The van der Waals surface area contributed by atoms with Gasteiger partial charge in [0.1, 0.15) is 0 Å². The largest absolute Gasteiger partial charge is 0.318 e. The van der Waals surface area contributed by atoms with E-state index in [2.05, 4.69) is 15.5 Å². The molecule has 0 saturated heterocycles. The molecule has 0 aliphatic carbocycles. The lowest BCUT2D eigenvalue weighted by molar-refractivity contribution is 0.102. The number of carbonyl (C=O) groups is 1. The van der Waals surface area contributed by atoms with E-state index >= 15 is 0 Å². The van der Waals surface area contributed by atoms with Crippen LogP contribution < -0.4 is 5.32 Å². The highest BCUT2D eigenvalue weighted by Gasteiger charge is 2.19. The van der Waals surface area contributed by atoms with Gasteiger partial charge in [-0.1, -0.05) is 0 Å². The van der Waals surface area contributed by atoms with E-state index in [-0.39, 0.29) is 5.69 Å². The molecule has 19 heavy (non-hydrogen) atoms. The van der Waals surface area contributed by atoms with Gasteiger partial charge in [0.05, 0.1) is 5.69 Å². The lowest BCUT2D eigenvalue weighted by Gasteiger charge is -2.06. The van der Waals surface area contributed by atoms with Gasteiger partial charge in [0, 0.05) is 11.3 Å². The van der Waals surface area contributed by atoms with E-state index < -0.39 is 29.0 Å². The van der Waals surface area contributed by atoms with Crippen LogP contribution in [-0.4, -0.2) is 16.1 Å². The number of anilines is 1. The van der Waals surface area contributed by atoms with Gasteiger partial charge in [-0.05, 0) is 26.0 Å². The standard InChI is InChI=1S/C12H10F3N3O/c1-5-6(2)17-18-11(5)12(19)16-8-4-3-7(13)9(14)10(8)15/h3-4H,1-2H3,(H,16,19)(H,17,18). The number of carbonyl (C=O) groups excluding carboxylic acids is 1. The van der Waals surface area contributed by atoms with Gasteiger partial charge in [-0.3, -0.25) is 9.89 Å². The van der Waals surface area contributed by atoms with Crippen molar-refractivity contribution in [3.8, 4) is 0 Å². The molecule has 0 fully saturated rings. The summed E-state index contributed by atoms with van der Waals surface area (Å²) in [5.74, 6) is -5.10. The zero-order chi connectivity index (χ0) is 14.2. The van der Waals surface area contributed by atoms with Crippen molar-refractivity contribution >= 4 is 11.6 Å². The molecule has 0 saturated carbocycles. The topological polar surface area (TPSA) is 57.8 Å². The van der Waals surface area contributed by atoms with Crippen molar-refractivity contribution < 1.29 is 18.0 Å². The van der Waals surface area contributed by atoms with Gasteiger partial charge < -0.3 is 5.32 Å². The van der Waals surface area contributed by atoms with Crippen molar-refractivity contribution in [3.05, 3.63) is 46.5 Å². The Hall–Kier alpha value is -2.31. The first-order chi connectivity index (χ1) is 8.91. The maximum atomic E-state index is 13.4. The zero-order valence-corrected chi connectivity index (χ0v) is 10.1. The third-order valence-electron chi connectivity index (χ3n) is 2.75. The van der Waals surface area contributed by atoms with Crippen LogP contribution in [0.5, 0.6) is 0 Å². The maximum absolute atomic E-state index is 13.4. The molecule has 2 N–H and O–H groups in total. The molecule has 0 atom stereocenters. The minimum atomic E-state index is -1.63. The first kappa shape index (κ1) is 13.1. The van der Waals surface area contributed by atoms with Crippen LogP contribution in [0.4, 0.5) is 18.9 Å². The van der Waals surface area contributed by atoms with Gasteiger partial charge in [-0.25, -0.2) is 13.2 Å². The average Bonchev–Trinajstić information content (AvgIpc) is 2.71. The molecule has 0 unspecified atom stereocenters. The molecule has 0 bridgehead atoms. The summed E-state index contributed by atoms with van der Waals surface area (Å²) in [6, 6.07) is 1.68. The third kappa shape index (κ3) is 2.31. The number of benzene rings is 1. The summed E-state index contributed by atoms with van der Waals surface area (Å²) in [6.07, 6.45) is 0. The highest BCUT2D eigenvalue weighted by atomic mass is 19.2. The number of hydrogen-bond acceptors (Lipinski definition) is 2. The number of aryl methyl sites for hydroxylation is 1. The fourth-order valence-electron chi connectivity index (χ4n) is 1.51. The van der Waals surface area contributed by atoms with Crippen LogP contribution in [0, 0.1) is 31.3 Å². The Bertz CT molecular complexity index is 652. The summed E-state index contributed by atoms with van der Waals surface area (Å²) in [6.45, 7) is 3.38. The second kappa shape index (κ2) is 4.75. The summed E-state index contributed by atoms with van der Waals surface area (Å²) in [5, 5.41) is 8.50. The number of amides is 1. The number of H-pyrrole nitrogens is 1. The van der Waals surface area contributed by atoms with Crippen LogP contribution >= 0.6 is 0 Å². The Morgan fingerprint density at radius 3 is 2.47 bits per heavy atom. The first-order valence-electron chi connectivity index (χ1n) is 5.38. The second-order valence-electron chi connectivity index (χ2n) is 4.00. The van der Waals surface area contributed by atoms with Gasteiger partial charge in [0.25, 0.3) is 5.91 Å². The Morgan fingerprint density at radius 2 is 1.89 bits per heavy atom. The second-order valence-corrected chi connectivity index (χ2v) is 4.00. The Labute approximate surface area is 106 Å². The van der Waals surface area contributed by atoms with Crippen molar-refractivity contribution in [2.75, 3.05) is 5.32 Å². The van der Waals surface area contributed by atoms with Gasteiger partial charge in [0.2, 0.25) is 0 Å². The van der Waals surface area contributed by atoms with Crippen LogP contribution in [0.2, 0.25) is 0 Å². The van der Waals surface area contributed by atoms with Crippen molar-refractivity contribution in [3.63, 3.8) is 0 Å². The predicted molar refractivity (Wildman–Crippen MR) is 62.3 cm³/mol. The summed E-state index contributed by atoms with van der Waals surface area (Å²) < 4.78 is 39.1. The van der Waals surface area contributed by atoms with Crippen LogP contribution in [0.25, 0.3) is 0 Å². The Kier molecular flexibility index (Phi) is 3.28. The molecule has 1 amide bonds. The van der Waals surface area contributed by atoms with Crippen LogP contribution in [0.3, 0.4) is 0 Å². The molecular formula is C12H10F3N3O. The van der Waals surface area contributed by atoms with Crippen molar-refractivity contribution in [2.45, 2.75) is 13.8 Å². The predicted octanol–water partition coefficient (Wildman–Crippen LogP) is 2.70. The van der Waals surface area contributed by atoms with E-state index in [4.69, 9.17) is 0 Å². The van der Waals surface area contributed by atoms with E-state index in [0.29, 0.717) is 11.3 Å². The SMILES string of the molecule is Cc1[nH]nc(C(=O)Nc2ccc(F)c(F)c2F)c1C. The average molecular weight is 269 g/mol. The van der Waals surface area contributed by atoms with E-state index in [1.807, 2.05) is 0 Å². The summed E-state index contributed by atoms with van der Waals surface area (Å²) >= 11 is 0. The molecule has 2 rings (SSSR count). The highest BCUT2D eigenvalue weighted by molar-refractivity contribution is 6.04. The van der Waals surface area contributed by atoms with Gasteiger partial charge in [0.15, 0.2) is 23.1 Å². The molecule has 1 aromatic carbocycles. The first-order valence-corrected chi connectivity index (χ1v) is 5.38. The number of hydrogen-bond donors (Lipinski definition) is 2. The smallest absolute Gasteiger partial charge is 0.276 e. The summed E-state index contributed by atoms with van der Waals surface area (Å²) in [7, 11) is 0. The molecule has 0 radical (unpaired) electrons. The Morgan fingerprint density at radius 1 is 1.21 bits per heavy atom. The van der Waals surface area contributed by atoms with Crippen molar-refractivity contribution in [1.29, 1.82) is 0 Å². The van der Waals surface area contributed by atoms with Crippen LogP contribution in [-0.2, 0) is 0 Å². The highest BCUT2D eigenvalue weighted by Crippen LogP contribution is 2.20. The molecule has 100 valence electrons. The molecule has 0 spiro atoms. The van der Waals surface area contributed by atoms with E-state index in [9.17, 15) is 18.0 Å². The quantitative estimate of drug-likeness (QED) is 0.823. The molecule has 0 aliphatic rings. The van der Waals surface area contributed by atoms with Crippen molar-refractivity contribution in [2.24, 2.45) is 0 Å². The normalized spacial score (nSPS) is 10.6. The fourth-order valence-corrected chi connectivity index (χ4v) is 1.51. The molecule has 1 heterocycles. The summed E-state index contributed by atoms with van der Waals surface area (Å²) in [4.78, 5) is 11.8. The zero-order valence-electron chi connectivity index (χ0n) is 10.1. The molecular weight excluding hydrogens is 259 g/mol. The maximum Gasteiger partial charge on any atom is 0.276 e. The number of nitrogens with zero attached hydrogens (tertiary/aromatic N) is 1. The number of rotatable bonds is 2. The molecule has 0 aliphatic heterocycles. The lowest BCUT2D eigenvalue weighted by atomic mass is 10.2. The van der Waals surface area contributed by atoms with Gasteiger partial charge >= 0.3 is 0 Å². The summed E-state index contributed by atoms with van der Waals surface area (Å²) in [5.41, 5.74) is 0.919. The number of aromatic nitrogens is 2. The van der Waals surface area contributed by atoms with E-state index in [1.54, 1.807) is 13.8 Å². The molecule has 1 aromatic heterocycles. The molecule has 2 aromatic rings. The monoisotopic (exact) mass is 269 g/mol. The van der Waals surface area contributed by atoms with Crippen LogP contribution in [0.15, 0.2) is 12.1 Å². The van der Waals surface area contributed by atoms with Gasteiger partial charge in [-0.2, -0.15) is 5.10 Å². The van der Waals surface area contributed by atoms with E-state index in [0.717, 1.165) is 12.1 Å². The Balaban J connectivity index is 2.30. The lowest BCUT2D eigenvalue weighted by Crippen LogP contribution is -2.15.